The summed E-state index contributed by atoms with van der Waals surface area (Å²) in [6.07, 6.45) is 6.83. The van der Waals surface area contributed by atoms with Gasteiger partial charge in [0.05, 0.1) is 22.2 Å². The van der Waals surface area contributed by atoms with Crippen molar-refractivity contribution in [3.05, 3.63) is 275 Å². The SMILES string of the molecule is C1=CC2=C(CC1)C1(c3ccccc3C23c2ccccc2-c2ccccc23)c2ccc3oc4ccccc4c3c2-c2cccc(-c3ccc(-c4nc(-c5ccccc5)cc(-c5ccccc5)n4)cc3)c21. The number of fused-ring (bicyclic) bond motifs is 19. The van der Waals surface area contributed by atoms with E-state index in [2.05, 4.69) is 218 Å². The molecule has 0 fully saturated rings. The number of hydrogen-bond acceptors (Lipinski definition) is 3. The molecule has 2 aromatic heterocycles. The van der Waals surface area contributed by atoms with Gasteiger partial charge in [-0.05, 0) is 109 Å². The molecule has 9 aromatic carbocycles. The van der Waals surface area contributed by atoms with Crippen molar-refractivity contribution in [2.24, 2.45) is 0 Å². The number of nitrogens with zero attached hydrogens (tertiary/aromatic N) is 2. The zero-order chi connectivity index (χ0) is 45.3. The van der Waals surface area contributed by atoms with Crippen molar-refractivity contribution in [3.63, 3.8) is 0 Å². The van der Waals surface area contributed by atoms with E-state index >= 15 is 0 Å². The predicted molar refractivity (Wildman–Crippen MR) is 280 cm³/mol. The summed E-state index contributed by atoms with van der Waals surface area (Å²) in [6.45, 7) is 0. The number of para-hydroxylation sites is 1. The normalized spacial score (nSPS) is 16.6. The highest BCUT2D eigenvalue weighted by molar-refractivity contribution is 6.16. The molecule has 15 rings (SSSR count). The zero-order valence-electron chi connectivity index (χ0n) is 37.7. The summed E-state index contributed by atoms with van der Waals surface area (Å²) in [7, 11) is 0. The summed E-state index contributed by atoms with van der Waals surface area (Å²) in [4.78, 5) is 10.4. The highest BCUT2D eigenvalue weighted by Crippen LogP contribution is 2.70. The Hall–Kier alpha value is -8.66. The summed E-state index contributed by atoms with van der Waals surface area (Å²) in [6, 6.07) is 79.9. The Kier molecular flexibility index (Phi) is 8.04. The van der Waals surface area contributed by atoms with Crippen LogP contribution >= 0.6 is 0 Å². The van der Waals surface area contributed by atoms with Gasteiger partial charge in [0.25, 0.3) is 0 Å². The topological polar surface area (TPSA) is 38.9 Å². The van der Waals surface area contributed by atoms with Gasteiger partial charge >= 0.3 is 0 Å². The van der Waals surface area contributed by atoms with Crippen molar-refractivity contribution in [1.29, 1.82) is 0 Å². The van der Waals surface area contributed by atoms with Gasteiger partial charge in [0, 0.05) is 27.5 Å². The molecule has 3 heteroatoms. The zero-order valence-corrected chi connectivity index (χ0v) is 37.7. The average molecular weight is 879 g/mol. The molecule has 4 aliphatic carbocycles. The van der Waals surface area contributed by atoms with Gasteiger partial charge in [0.2, 0.25) is 0 Å². The van der Waals surface area contributed by atoms with Crippen molar-refractivity contribution in [2.45, 2.75) is 23.7 Å². The number of hydrogen-bond donors (Lipinski definition) is 0. The summed E-state index contributed by atoms with van der Waals surface area (Å²) >= 11 is 0. The quantitative estimate of drug-likeness (QED) is 0.177. The van der Waals surface area contributed by atoms with Crippen LogP contribution in [0.15, 0.2) is 246 Å². The van der Waals surface area contributed by atoms with Crippen LogP contribution in [0.25, 0.3) is 89.2 Å². The summed E-state index contributed by atoms with van der Waals surface area (Å²) in [5.41, 5.74) is 24.1. The van der Waals surface area contributed by atoms with E-state index in [1.807, 2.05) is 12.1 Å². The third-order valence-electron chi connectivity index (χ3n) is 15.7. The maximum atomic E-state index is 6.71. The van der Waals surface area contributed by atoms with Crippen LogP contribution in [0.1, 0.15) is 46.2 Å². The van der Waals surface area contributed by atoms with Gasteiger partial charge in [-0.15, -0.1) is 0 Å². The molecular formula is C66H42N2O. The fourth-order valence-electron chi connectivity index (χ4n) is 13.1. The van der Waals surface area contributed by atoms with Crippen molar-refractivity contribution in [3.8, 4) is 67.3 Å². The maximum Gasteiger partial charge on any atom is 0.160 e. The van der Waals surface area contributed by atoms with Crippen molar-refractivity contribution in [2.75, 3.05) is 0 Å². The number of allylic oxidation sites excluding steroid dienone is 4. The Bertz CT molecular complexity index is 3900. The van der Waals surface area contributed by atoms with Crippen molar-refractivity contribution >= 4 is 21.9 Å². The first-order valence-electron chi connectivity index (χ1n) is 24.1. The molecule has 2 heterocycles. The first-order chi connectivity index (χ1) is 34.2. The molecule has 322 valence electrons. The molecule has 0 saturated heterocycles. The molecular weight excluding hydrogens is 837 g/mol. The molecule has 11 aromatic rings. The van der Waals surface area contributed by atoms with E-state index in [4.69, 9.17) is 14.4 Å². The van der Waals surface area contributed by atoms with Gasteiger partial charge < -0.3 is 4.42 Å². The van der Waals surface area contributed by atoms with Gasteiger partial charge in [-0.25, -0.2) is 9.97 Å². The van der Waals surface area contributed by atoms with E-state index in [1.165, 1.54) is 77.7 Å². The number of rotatable bonds is 4. The Morgan fingerprint density at radius 2 is 0.971 bits per heavy atom. The van der Waals surface area contributed by atoms with Crippen LogP contribution in [0.3, 0.4) is 0 Å². The van der Waals surface area contributed by atoms with Gasteiger partial charge in [0.15, 0.2) is 5.82 Å². The Balaban J connectivity index is 1.02. The monoisotopic (exact) mass is 878 g/mol. The molecule has 4 aliphatic rings. The second kappa shape index (κ2) is 14.4. The van der Waals surface area contributed by atoms with E-state index in [-0.39, 0.29) is 0 Å². The number of furan rings is 1. The Morgan fingerprint density at radius 1 is 0.406 bits per heavy atom. The van der Waals surface area contributed by atoms with E-state index < -0.39 is 10.8 Å². The molecule has 69 heavy (non-hydrogen) atoms. The first-order valence-corrected chi connectivity index (χ1v) is 24.1. The molecule has 3 nitrogen and oxygen atoms in total. The lowest BCUT2D eigenvalue weighted by atomic mass is 9.50. The van der Waals surface area contributed by atoms with Crippen LogP contribution in [0.5, 0.6) is 0 Å². The lowest BCUT2D eigenvalue weighted by Crippen LogP contribution is -2.44. The van der Waals surface area contributed by atoms with Crippen LogP contribution in [0.4, 0.5) is 0 Å². The molecule has 0 bridgehead atoms. The Morgan fingerprint density at radius 3 is 1.67 bits per heavy atom. The molecule has 0 radical (unpaired) electrons. The molecule has 2 spiro atoms. The fourth-order valence-corrected chi connectivity index (χ4v) is 13.1. The van der Waals surface area contributed by atoms with Crippen LogP contribution in [0.2, 0.25) is 0 Å². The highest BCUT2D eigenvalue weighted by Gasteiger charge is 2.60. The van der Waals surface area contributed by atoms with Crippen molar-refractivity contribution < 1.29 is 4.42 Å². The molecule has 1 atom stereocenters. The number of aromatic nitrogens is 2. The highest BCUT2D eigenvalue weighted by atomic mass is 16.3. The van der Waals surface area contributed by atoms with Crippen molar-refractivity contribution in [1.82, 2.24) is 9.97 Å². The standard InChI is InChI=1S/C66H42N2O/c1-3-18-42(19-4-1)57-40-58(43-20-5-2-6-21-43)68-64(67-57)44-36-34-41(35-37-44)45-25-17-26-49-61-56(38-39-60-62(61)48-24-9-16-33-59(48)69-60)66(63(45)49)54-31-14-12-29-52(54)65(53-30-13-15-32-55(53)66)50-27-10-7-22-46(50)47-23-8-11-28-51(47)65/h1-14,16-31,33-40H,15,32H2. The van der Waals surface area contributed by atoms with E-state index in [1.54, 1.807) is 0 Å². The lowest BCUT2D eigenvalue weighted by molar-refractivity contribution is 0.591. The fraction of sp³-hybridized carbons (Fsp3) is 0.0606. The van der Waals surface area contributed by atoms with Gasteiger partial charge in [-0.1, -0.05) is 212 Å². The predicted octanol–water partition coefficient (Wildman–Crippen LogP) is 16.3. The number of benzene rings is 9. The van der Waals surface area contributed by atoms with Crippen LogP contribution < -0.4 is 0 Å². The summed E-state index contributed by atoms with van der Waals surface area (Å²) in [5.74, 6) is 0.700. The van der Waals surface area contributed by atoms with Crippen LogP contribution in [-0.4, -0.2) is 9.97 Å². The minimum Gasteiger partial charge on any atom is -0.456 e. The first kappa shape index (κ1) is 38.4. The largest absolute Gasteiger partial charge is 0.456 e. The maximum absolute atomic E-state index is 6.71. The van der Waals surface area contributed by atoms with Gasteiger partial charge in [0.1, 0.15) is 11.2 Å². The van der Waals surface area contributed by atoms with E-state index in [0.717, 1.165) is 63.0 Å². The van der Waals surface area contributed by atoms with E-state index in [0.29, 0.717) is 5.82 Å². The van der Waals surface area contributed by atoms with Gasteiger partial charge in [-0.3, -0.25) is 0 Å². The average Bonchev–Trinajstić information content (AvgIpc) is 4.06. The van der Waals surface area contributed by atoms with E-state index in [9.17, 15) is 0 Å². The van der Waals surface area contributed by atoms with Crippen LogP contribution in [0, 0.1) is 0 Å². The second-order valence-corrected chi connectivity index (χ2v) is 18.9. The van der Waals surface area contributed by atoms with Crippen LogP contribution in [-0.2, 0) is 10.8 Å². The third-order valence-corrected chi connectivity index (χ3v) is 15.7. The molecule has 0 N–H and O–H groups in total. The smallest absolute Gasteiger partial charge is 0.160 e. The minimum atomic E-state index is -0.612. The third kappa shape index (κ3) is 5.11. The molecule has 0 amide bonds. The lowest BCUT2D eigenvalue weighted by Gasteiger charge is -2.51. The molecule has 1 unspecified atom stereocenters. The minimum absolute atomic E-state index is 0.486. The second-order valence-electron chi connectivity index (χ2n) is 18.9. The molecule has 0 aliphatic heterocycles. The Labute approximate surface area is 400 Å². The molecule has 0 saturated carbocycles. The summed E-state index contributed by atoms with van der Waals surface area (Å²) in [5, 5.41) is 2.33. The summed E-state index contributed by atoms with van der Waals surface area (Å²) < 4.78 is 6.71. The van der Waals surface area contributed by atoms with Gasteiger partial charge in [-0.2, -0.15) is 0 Å².